The van der Waals surface area contributed by atoms with Crippen LogP contribution < -0.4 is 255 Å². The van der Waals surface area contributed by atoms with Gasteiger partial charge in [0.1, 0.15) is 12.5 Å². The Bertz CT molecular complexity index is 2230. The van der Waals surface area contributed by atoms with Crippen molar-refractivity contribution < 1.29 is 397 Å². The van der Waals surface area contributed by atoms with Crippen LogP contribution in [0.25, 0.3) is 0 Å². The molecule has 0 bridgehead atoms. The number of aliphatic hydroxyl groups excluding tert-OH is 1. The zero-order chi connectivity index (χ0) is 55.6. The van der Waals surface area contributed by atoms with Crippen molar-refractivity contribution in [2.45, 2.75) is 26.4 Å². The summed E-state index contributed by atoms with van der Waals surface area (Å²) in [6.45, 7) is 8.27. The van der Waals surface area contributed by atoms with Crippen molar-refractivity contribution in [3.8, 4) is 12.5 Å². The predicted molar refractivity (Wildman–Crippen MR) is 215 cm³/mol. The van der Waals surface area contributed by atoms with Crippen LogP contribution in [-0.4, -0.2) is 60.1 Å². The Morgan fingerprint density at radius 2 is 0.734 bits per heavy atom. The van der Waals surface area contributed by atoms with E-state index in [2.05, 4.69) is 37.7 Å². The van der Waals surface area contributed by atoms with Gasteiger partial charge in [0, 0.05) is 0 Å². The molecule has 0 fully saturated rings. The van der Waals surface area contributed by atoms with Gasteiger partial charge in [0.15, 0.2) is 0 Å². The fourth-order valence-corrected chi connectivity index (χ4v) is 11.5. The van der Waals surface area contributed by atoms with Crippen LogP contribution in [0.1, 0.15) is 28.8 Å². The molecule has 0 radical (unpaired) electrons. The van der Waals surface area contributed by atoms with Gasteiger partial charge in [-0.1, -0.05) is 18.6 Å². The minimum absolute atomic E-state index is 0. The summed E-state index contributed by atoms with van der Waals surface area (Å²) in [6.07, 6.45) is 5.75. The summed E-state index contributed by atoms with van der Waals surface area (Å²) < 4.78 is 288. The summed E-state index contributed by atoms with van der Waals surface area (Å²) in [4.78, 5) is 50.3. The first kappa shape index (κ1) is 135. The Morgan fingerprint density at radius 3 is 0.924 bits per heavy atom. The molecule has 0 spiro atoms. The van der Waals surface area contributed by atoms with Crippen molar-refractivity contribution in [3.05, 3.63) is 25.3 Å². The molecule has 0 aromatic carbocycles. The Morgan fingerprint density at radius 1 is 0.468 bits per heavy atom. The minimum atomic E-state index is -5.93. The second-order valence-corrected chi connectivity index (χ2v) is 27.7. The van der Waals surface area contributed by atoms with E-state index in [9.17, 15) is 109 Å². The van der Waals surface area contributed by atoms with Crippen LogP contribution in [0.4, 0.5) is 54.6 Å². The van der Waals surface area contributed by atoms with Gasteiger partial charge in [0.05, 0.1) is 19.3 Å². The molecule has 0 saturated heterocycles. The summed E-state index contributed by atoms with van der Waals surface area (Å²) in [5.74, 6) is 0. The van der Waals surface area contributed by atoms with Crippen LogP contribution in [0, 0.1) is 12.5 Å². The maximum absolute atomic E-state index is 12.5. The van der Waals surface area contributed by atoms with Crippen LogP contribution in [0.5, 0.6) is 0 Å². The third-order valence-corrected chi connectivity index (χ3v) is 17.4. The number of aliphatic hydroxyl groups is 1. The number of hydrogen-bond donors (Lipinski definition) is 13. The largest absolute Gasteiger partial charge is 1.00 e. The van der Waals surface area contributed by atoms with E-state index in [0.717, 1.165) is 21.9 Å². The molecular weight excluding hydrogens is 1310 g/mol. The molecule has 0 aliphatic carbocycles. The third-order valence-electron chi connectivity index (χ3n) is 3.12. The fraction of sp³-hybridized carbons (Fsp3) is 0.538. The van der Waals surface area contributed by atoms with Crippen molar-refractivity contribution >= 4 is 93.8 Å². The Kier molecular flexibility index (Phi) is 105. The van der Waals surface area contributed by atoms with E-state index in [0.29, 0.717) is 14.6 Å². The van der Waals surface area contributed by atoms with Gasteiger partial charge in [0.2, 0.25) is 0 Å². The molecule has 11 atom stereocenters. The number of rotatable bonds is 23. The summed E-state index contributed by atoms with van der Waals surface area (Å²) >= 11 is 0. The number of halogens is 13. The van der Waals surface area contributed by atoms with Crippen LogP contribution in [0.3, 0.4) is 0 Å². The van der Waals surface area contributed by atoms with Crippen molar-refractivity contribution in [2.24, 2.45) is 0 Å². The molecular formula is C13H41F13Li12N6O23P12+6. The van der Waals surface area contributed by atoms with Gasteiger partial charge in [-0.25, -0.2) is 50.2 Å². The molecule has 0 rings (SSSR count). The van der Waals surface area contributed by atoms with Crippen molar-refractivity contribution in [1.29, 1.82) is 0 Å². The van der Waals surface area contributed by atoms with E-state index < -0.39 is 113 Å². The van der Waals surface area contributed by atoms with E-state index in [4.69, 9.17) is 34.5 Å². The van der Waals surface area contributed by atoms with Crippen molar-refractivity contribution in [3.63, 3.8) is 0 Å². The van der Waals surface area contributed by atoms with E-state index in [-0.39, 0.29) is 253 Å². The molecule has 0 aliphatic heterocycles. The first-order chi connectivity index (χ1) is 28.9. The molecule has 11 unspecified atom stereocenters. The van der Waals surface area contributed by atoms with Gasteiger partial charge in [-0.3, -0.25) is 18.1 Å². The van der Waals surface area contributed by atoms with Crippen LogP contribution in [0.15, 0.2) is 25.3 Å². The molecule has 0 aromatic rings. The van der Waals surface area contributed by atoms with E-state index >= 15 is 0 Å². The average molecular weight is 1350 g/mol. The van der Waals surface area contributed by atoms with Gasteiger partial charge < -0.3 is 47.6 Å². The Hall–Kier alpha value is 7.22. The molecule has 13 N–H and O–H groups in total. The first-order valence-corrected chi connectivity index (χ1v) is 32.9. The summed E-state index contributed by atoms with van der Waals surface area (Å²) in [6, 6.07) is 0. The van der Waals surface area contributed by atoms with Gasteiger partial charge in [-0.15, -0.1) is 92.7 Å². The van der Waals surface area contributed by atoms with Gasteiger partial charge >= 0.3 is 320 Å². The second-order valence-electron chi connectivity index (χ2n) is 9.64. The molecule has 418 valence electrons. The SMILES string of the molecule is C#COP(=O)(F)NP(=O)(O)F.C=CCCOP(=O)(F)NP(=O)(O)F.C=CCOP(=O)(F)NP(=O)(O)F.CC(C)OP(=O)(F)NP(=O)(O)F.O=P(O)(F)NP(=O)(F)CO.O=P(O)(F)NP(=O)(F)F.[H-].[H-].[H-].[H-].[H-].[H-].[Li+].[Li+].[Li+].[Li+].[Li+].[Li+].[Li+].[Li+].[Li+].[Li+].[Li+].[Li+]. The van der Waals surface area contributed by atoms with Gasteiger partial charge in [-0.2, -0.15) is 4.20 Å². The van der Waals surface area contributed by atoms with Crippen LogP contribution >= 0.6 is 93.8 Å². The van der Waals surface area contributed by atoms with Crippen LogP contribution in [0.2, 0.25) is 0 Å². The van der Waals surface area contributed by atoms with Crippen molar-refractivity contribution in [1.82, 2.24) is 29.1 Å². The third kappa shape index (κ3) is 135. The zero-order valence-electron chi connectivity index (χ0n) is 50.0. The van der Waals surface area contributed by atoms with E-state index in [1.165, 1.54) is 19.9 Å². The fourth-order valence-electron chi connectivity index (χ4n) is 1.79. The van der Waals surface area contributed by atoms with Crippen LogP contribution in [-0.2, 0) is 72.9 Å². The zero-order valence-corrected chi connectivity index (χ0v) is 54.7. The summed E-state index contributed by atoms with van der Waals surface area (Å²) in [5, 5.41) is 7.86. The minimum Gasteiger partial charge on any atom is -1.00 e. The number of terminal acetylenes is 1. The Labute approximate surface area is 596 Å². The monoisotopic (exact) mass is 1350 g/mol. The summed E-state index contributed by atoms with van der Waals surface area (Å²) in [7, 11) is -63.5. The standard InChI is InChI=1S/C4H9F2NO4P2.C3H9F2NO4P2.C3H7F2NO4P2.C2H3F2NO4P2.CH5F2NO4P2.F3H2NO3P2.12Li.6H/c1-2-3-4-11-13(6,10)7-12(5,8)9;1-3(2)10-12(5,9)6-11(4,7)8;1-2-3-10-12(5,9)6-11(4,7)8;1-2-9-11(4,8)5-10(3,6)7;2-9(6,1-5)4-10(3,7)8;1-8(2,5)4-9(3,6)7;;;;;;;;;;;;;;;;;;/h2H,1,3-4H2,(H2,7,8,9,10);3H,1-2H3,(H2,6,7,8,9);2H,1,3H2,(H2,6,7,8,9);1H,(H2,5,6,7,8);5H,1H2,(H2,4,6,7,8);(H2,4,5,6,7);;;;;;;;;;;;;;;;;;/q;;;;;;12*+1;6*-1. The molecule has 0 amide bonds. The molecule has 0 saturated carbocycles. The molecule has 66 heteroatoms. The van der Waals surface area contributed by atoms with Gasteiger partial charge in [0.25, 0.3) is 0 Å². The Balaban J connectivity index is -0.0000000230. The molecule has 29 nitrogen and oxygen atoms in total. The normalized spacial score (nSPS) is 17.8. The van der Waals surface area contributed by atoms with E-state index in [1.54, 1.807) is 0 Å². The average Bonchev–Trinajstić information content (AvgIpc) is 2.93. The number of hydrogen-bond acceptors (Lipinski definition) is 17. The molecule has 79 heavy (non-hydrogen) atoms. The molecule has 0 heterocycles. The topological polar surface area (TPSA) is 456 Å². The second kappa shape index (κ2) is 61.4. The number of nitrogens with one attached hydrogen (secondary N) is 6. The predicted octanol–water partition coefficient (Wildman–Crippen LogP) is -25.1. The first-order valence-electron chi connectivity index (χ1n) is 14.2. The quantitative estimate of drug-likeness (QED) is 0.0113. The maximum Gasteiger partial charge on any atom is 1.00 e. The molecule has 0 aliphatic rings. The molecule has 0 aromatic heterocycles. The van der Waals surface area contributed by atoms with E-state index in [1.807, 2.05) is 0 Å². The maximum atomic E-state index is 12.5. The van der Waals surface area contributed by atoms with Crippen molar-refractivity contribution in [2.75, 3.05) is 19.6 Å². The summed E-state index contributed by atoms with van der Waals surface area (Å²) in [5.41, 5.74) is 0. The smallest absolute Gasteiger partial charge is 1.00 e. The van der Waals surface area contributed by atoms with Gasteiger partial charge in [-0.05, 0) is 20.3 Å².